The van der Waals surface area contributed by atoms with E-state index >= 15 is 0 Å². The molecule has 0 fully saturated rings. The van der Waals surface area contributed by atoms with Crippen molar-refractivity contribution in [2.75, 3.05) is 0 Å². The lowest BCUT2D eigenvalue weighted by molar-refractivity contribution is 0.632. The quantitative estimate of drug-likeness (QED) is 0.227. The summed E-state index contributed by atoms with van der Waals surface area (Å²) in [6.07, 6.45) is 22.4. The fourth-order valence-electron chi connectivity index (χ4n) is 3.65. The predicted molar refractivity (Wildman–Crippen MR) is 139 cm³/mol. The lowest BCUT2D eigenvalue weighted by Crippen LogP contribution is -1.86. The van der Waals surface area contributed by atoms with Gasteiger partial charge in [-0.3, -0.25) is 0 Å². The molecule has 0 N–H and O–H groups in total. The number of hydrogen-bond acceptors (Lipinski definition) is 0. The second kappa shape index (κ2) is 16.2. The Morgan fingerprint density at radius 3 is 1.32 bits per heavy atom. The standard InChI is InChI=1S/C31H40/c1-3-5-7-9-13-17-29-24-26-31(27-25-29)19-15-11-10-14-18-30-22-20-28(21-23-30)16-12-8-6-4-2/h14-15,18-27H,3-9,12-13,16-17H2,1-2H3. The Labute approximate surface area is 191 Å². The van der Waals surface area contributed by atoms with Crippen molar-refractivity contribution in [2.45, 2.75) is 84.5 Å². The highest BCUT2D eigenvalue weighted by molar-refractivity contribution is 5.56. The van der Waals surface area contributed by atoms with E-state index in [-0.39, 0.29) is 0 Å². The molecule has 0 heterocycles. The third kappa shape index (κ3) is 11.4. The van der Waals surface area contributed by atoms with Gasteiger partial charge in [-0.15, -0.1) is 0 Å². The minimum Gasteiger partial charge on any atom is -0.0702 e. The van der Waals surface area contributed by atoms with Gasteiger partial charge in [-0.2, -0.15) is 0 Å². The van der Waals surface area contributed by atoms with Crippen molar-refractivity contribution >= 4 is 12.2 Å². The number of allylic oxidation sites excluding steroid dienone is 2. The summed E-state index contributed by atoms with van der Waals surface area (Å²) in [5.41, 5.74) is 5.29. The van der Waals surface area contributed by atoms with Gasteiger partial charge >= 0.3 is 0 Å². The first-order valence-corrected chi connectivity index (χ1v) is 12.3. The van der Waals surface area contributed by atoms with E-state index in [1.54, 1.807) is 0 Å². The lowest BCUT2D eigenvalue weighted by Gasteiger charge is -2.02. The molecule has 0 nitrogen and oxygen atoms in total. The number of benzene rings is 2. The number of unbranched alkanes of at least 4 members (excludes halogenated alkanes) is 7. The van der Waals surface area contributed by atoms with Crippen LogP contribution in [0.2, 0.25) is 0 Å². The molecule has 0 heteroatoms. The van der Waals surface area contributed by atoms with Crippen LogP contribution in [0, 0.1) is 11.8 Å². The van der Waals surface area contributed by atoms with Gasteiger partial charge in [-0.05, 0) is 72.2 Å². The molecule has 0 atom stereocenters. The molecule has 2 aromatic rings. The molecule has 0 aromatic heterocycles. The largest absolute Gasteiger partial charge is 0.0702 e. The first-order valence-electron chi connectivity index (χ1n) is 12.3. The Morgan fingerprint density at radius 2 is 0.903 bits per heavy atom. The summed E-state index contributed by atoms with van der Waals surface area (Å²) in [6, 6.07) is 17.8. The zero-order valence-electron chi connectivity index (χ0n) is 19.7. The molecule has 0 aliphatic carbocycles. The molecule has 0 radical (unpaired) electrons. The highest BCUT2D eigenvalue weighted by Gasteiger charge is 1.95. The Hall–Kier alpha value is -2.52. The molecule has 0 aliphatic rings. The maximum atomic E-state index is 3.11. The van der Waals surface area contributed by atoms with Crippen molar-refractivity contribution in [3.63, 3.8) is 0 Å². The van der Waals surface area contributed by atoms with Crippen LogP contribution in [-0.2, 0) is 12.8 Å². The SMILES string of the molecule is CCCCCCCc1ccc(C=CC#CC=Cc2ccc(CCCCCC)cc2)cc1. The van der Waals surface area contributed by atoms with Crippen LogP contribution >= 0.6 is 0 Å². The van der Waals surface area contributed by atoms with Crippen LogP contribution in [0.15, 0.2) is 60.7 Å². The van der Waals surface area contributed by atoms with Crippen molar-refractivity contribution in [3.05, 3.63) is 82.9 Å². The predicted octanol–water partition coefficient (Wildman–Crippen LogP) is 9.05. The Bertz CT molecular complexity index is 822. The average Bonchev–Trinajstić information content (AvgIpc) is 2.80. The topological polar surface area (TPSA) is 0 Å². The molecular formula is C31H40. The van der Waals surface area contributed by atoms with Gasteiger partial charge in [0.15, 0.2) is 0 Å². The summed E-state index contributed by atoms with van der Waals surface area (Å²) < 4.78 is 0. The molecule has 0 saturated heterocycles. The molecule has 0 bridgehead atoms. The summed E-state index contributed by atoms with van der Waals surface area (Å²) >= 11 is 0. The van der Waals surface area contributed by atoms with Crippen LogP contribution in [0.3, 0.4) is 0 Å². The first kappa shape index (κ1) is 24.7. The molecule has 164 valence electrons. The molecule has 0 unspecified atom stereocenters. The number of aryl methyl sites for hydroxylation is 2. The van der Waals surface area contributed by atoms with Crippen molar-refractivity contribution in [3.8, 4) is 11.8 Å². The minimum atomic E-state index is 1.19. The van der Waals surface area contributed by atoms with Crippen LogP contribution in [0.5, 0.6) is 0 Å². The average molecular weight is 413 g/mol. The van der Waals surface area contributed by atoms with Crippen LogP contribution in [-0.4, -0.2) is 0 Å². The molecule has 0 spiro atoms. The van der Waals surface area contributed by atoms with E-state index in [2.05, 4.69) is 86.4 Å². The Balaban J connectivity index is 1.71. The number of hydrogen-bond donors (Lipinski definition) is 0. The van der Waals surface area contributed by atoms with Crippen LogP contribution in [0.25, 0.3) is 12.2 Å². The lowest BCUT2D eigenvalue weighted by atomic mass is 10.0. The van der Waals surface area contributed by atoms with Crippen molar-refractivity contribution in [1.29, 1.82) is 0 Å². The monoisotopic (exact) mass is 412 g/mol. The summed E-state index contributed by atoms with van der Waals surface area (Å²) in [6.45, 7) is 4.52. The van der Waals surface area contributed by atoms with Gasteiger partial charge in [0.2, 0.25) is 0 Å². The van der Waals surface area contributed by atoms with Crippen LogP contribution in [0.4, 0.5) is 0 Å². The van der Waals surface area contributed by atoms with Gasteiger partial charge in [-0.25, -0.2) is 0 Å². The second-order valence-corrected chi connectivity index (χ2v) is 8.41. The molecule has 0 amide bonds. The number of rotatable bonds is 13. The van der Waals surface area contributed by atoms with E-state index in [4.69, 9.17) is 0 Å². The van der Waals surface area contributed by atoms with E-state index in [1.165, 1.54) is 92.9 Å². The maximum absolute atomic E-state index is 3.11. The molecule has 0 saturated carbocycles. The molecule has 2 aromatic carbocycles. The molecule has 0 aliphatic heterocycles. The van der Waals surface area contributed by atoms with Crippen LogP contribution < -0.4 is 0 Å². The van der Waals surface area contributed by atoms with Crippen molar-refractivity contribution < 1.29 is 0 Å². The fourth-order valence-corrected chi connectivity index (χ4v) is 3.65. The summed E-state index contributed by atoms with van der Waals surface area (Å²) in [4.78, 5) is 0. The van der Waals surface area contributed by atoms with Crippen molar-refractivity contribution in [1.82, 2.24) is 0 Å². The van der Waals surface area contributed by atoms with E-state index < -0.39 is 0 Å². The fraction of sp³-hybridized carbons (Fsp3) is 0.419. The van der Waals surface area contributed by atoms with Gasteiger partial charge in [0, 0.05) is 0 Å². The zero-order valence-corrected chi connectivity index (χ0v) is 19.7. The first-order chi connectivity index (χ1) is 15.3. The third-order valence-corrected chi connectivity index (χ3v) is 5.65. The minimum absolute atomic E-state index is 1.19. The highest BCUT2D eigenvalue weighted by atomic mass is 14.0. The van der Waals surface area contributed by atoms with Gasteiger partial charge in [-0.1, -0.05) is 119 Å². The van der Waals surface area contributed by atoms with Crippen LogP contribution in [0.1, 0.15) is 93.9 Å². The van der Waals surface area contributed by atoms with E-state index in [0.29, 0.717) is 0 Å². The third-order valence-electron chi connectivity index (χ3n) is 5.65. The normalized spacial score (nSPS) is 11.2. The smallest absolute Gasteiger partial charge is 0.0109 e. The Kier molecular flexibility index (Phi) is 12.9. The second-order valence-electron chi connectivity index (χ2n) is 8.41. The van der Waals surface area contributed by atoms with E-state index in [9.17, 15) is 0 Å². The van der Waals surface area contributed by atoms with Gasteiger partial charge in [0.25, 0.3) is 0 Å². The zero-order chi connectivity index (χ0) is 22.0. The highest BCUT2D eigenvalue weighted by Crippen LogP contribution is 2.12. The Morgan fingerprint density at radius 1 is 0.516 bits per heavy atom. The van der Waals surface area contributed by atoms with Crippen molar-refractivity contribution in [2.24, 2.45) is 0 Å². The van der Waals surface area contributed by atoms with Gasteiger partial charge in [0.1, 0.15) is 0 Å². The summed E-state index contributed by atoms with van der Waals surface area (Å²) in [5.74, 6) is 6.21. The summed E-state index contributed by atoms with van der Waals surface area (Å²) in [5, 5.41) is 0. The molecular weight excluding hydrogens is 372 g/mol. The van der Waals surface area contributed by atoms with Gasteiger partial charge in [0.05, 0.1) is 0 Å². The molecule has 31 heavy (non-hydrogen) atoms. The van der Waals surface area contributed by atoms with E-state index in [1.807, 2.05) is 12.2 Å². The van der Waals surface area contributed by atoms with E-state index in [0.717, 1.165) is 0 Å². The van der Waals surface area contributed by atoms with Gasteiger partial charge < -0.3 is 0 Å². The maximum Gasteiger partial charge on any atom is -0.0109 e. The summed E-state index contributed by atoms with van der Waals surface area (Å²) in [7, 11) is 0. The molecule has 2 rings (SSSR count).